The topological polar surface area (TPSA) is 54.3 Å². The normalized spacial score (nSPS) is 13.4. The Labute approximate surface area is 119 Å². The van der Waals surface area contributed by atoms with Gasteiger partial charge < -0.3 is 15.1 Å². The Balaban J connectivity index is 1.97. The molecule has 2 N–H and O–H groups in total. The zero-order valence-electron chi connectivity index (χ0n) is 12.5. The Morgan fingerprint density at radius 1 is 1.30 bits per heavy atom. The summed E-state index contributed by atoms with van der Waals surface area (Å²) in [6.45, 7) is 8.32. The Morgan fingerprint density at radius 3 is 2.65 bits per heavy atom. The van der Waals surface area contributed by atoms with E-state index in [1.54, 1.807) is 0 Å². The number of furan rings is 1. The van der Waals surface area contributed by atoms with Gasteiger partial charge in [-0.15, -0.1) is 0 Å². The molecule has 0 saturated heterocycles. The van der Waals surface area contributed by atoms with Crippen molar-refractivity contribution in [3.63, 3.8) is 0 Å². The SMILES string of the molecule is CC(NC(=O)CNC(C)(C)C)c1cc2ccccc2o1. The maximum absolute atomic E-state index is 11.9. The fraction of sp³-hybridized carbons (Fsp3) is 0.438. The number of amides is 1. The van der Waals surface area contributed by atoms with Crippen LogP contribution in [0.2, 0.25) is 0 Å². The predicted octanol–water partition coefficient (Wildman–Crippen LogP) is 3.00. The van der Waals surface area contributed by atoms with Crippen LogP contribution in [0.5, 0.6) is 0 Å². The van der Waals surface area contributed by atoms with Crippen LogP contribution in [0, 0.1) is 0 Å². The van der Waals surface area contributed by atoms with Crippen molar-refractivity contribution in [1.29, 1.82) is 0 Å². The van der Waals surface area contributed by atoms with Crippen LogP contribution in [0.15, 0.2) is 34.7 Å². The van der Waals surface area contributed by atoms with Crippen LogP contribution < -0.4 is 10.6 Å². The Morgan fingerprint density at radius 2 is 2.00 bits per heavy atom. The minimum absolute atomic E-state index is 0.0344. The zero-order chi connectivity index (χ0) is 14.8. The lowest BCUT2D eigenvalue weighted by Gasteiger charge is -2.20. The molecule has 20 heavy (non-hydrogen) atoms. The fourth-order valence-corrected chi connectivity index (χ4v) is 1.92. The van der Waals surface area contributed by atoms with Gasteiger partial charge in [-0.05, 0) is 39.8 Å². The second-order valence-corrected chi connectivity index (χ2v) is 6.08. The van der Waals surface area contributed by atoms with Crippen LogP contribution in [0.3, 0.4) is 0 Å². The summed E-state index contributed by atoms with van der Waals surface area (Å²) in [7, 11) is 0. The van der Waals surface area contributed by atoms with Crippen LogP contribution in [0.1, 0.15) is 39.5 Å². The molecule has 0 aliphatic rings. The summed E-state index contributed by atoms with van der Waals surface area (Å²) in [6, 6.07) is 9.66. The van der Waals surface area contributed by atoms with Crippen molar-refractivity contribution in [3.8, 4) is 0 Å². The van der Waals surface area contributed by atoms with Crippen LogP contribution in [-0.4, -0.2) is 18.0 Å². The van der Waals surface area contributed by atoms with E-state index in [1.807, 2.05) is 58.0 Å². The van der Waals surface area contributed by atoms with Gasteiger partial charge in [-0.25, -0.2) is 0 Å². The van der Waals surface area contributed by atoms with Gasteiger partial charge in [0.1, 0.15) is 11.3 Å². The lowest BCUT2D eigenvalue weighted by molar-refractivity contribution is -0.121. The maximum atomic E-state index is 11.9. The average molecular weight is 274 g/mol. The maximum Gasteiger partial charge on any atom is 0.234 e. The Bertz CT molecular complexity index is 563. The molecular weight excluding hydrogens is 252 g/mol. The first-order valence-electron chi connectivity index (χ1n) is 6.88. The van der Waals surface area contributed by atoms with E-state index < -0.39 is 0 Å². The zero-order valence-corrected chi connectivity index (χ0v) is 12.5. The average Bonchev–Trinajstić information content (AvgIpc) is 2.79. The number of carbonyl (C=O) groups is 1. The summed E-state index contributed by atoms with van der Waals surface area (Å²) < 4.78 is 5.74. The minimum atomic E-state index is -0.142. The largest absolute Gasteiger partial charge is 0.459 e. The first kappa shape index (κ1) is 14.6. The molecule has 1 heterocycles. The van der Waals surface area contributed by atoms with Gasteiger partial charge in [0.05, 0.1) is 12.6 Å². The standard InChI is InChI=1S/C16H22N2O2/c1-11(18-15(19)10-17-16(2,3)4)14-9-12-7-5-6-8-13(12)20-14/h5-9,11,17H,10H2,1-4H3,(H,18,19). The van der Waals surface area contributed by atoms with Gasteiger partial charge in [-0.1, -0.05) is 18.2 Å². The highest BCUT2D eigenvalue weighted by atomic mass is 16.3. The Hall–Kier alpha value is -1.81. The van der Waals surface area contributed by atoms with E-state index in [-0.39, 0.29) is 17.5 Å². The van der Waals surface area contributed by atoms with Crippen LogP contribution in [-0.2, 0) is 4.79 Å². The van der Waals surface area contributed by atoms with E-state index >= 15 is 0 Å². The summed E-state index contributed by atoms with van der Waals surface area (Å²) >= 11 is 0. The van der Waals surface area contributed by atoms with Crippen molar-refractivity contribution >= 4 is 16.9 Å². The highest BCUT2D eigenvalue weighted by Gasteiger charge is 2.16. The van der Waals surface area contributed by atoms with Gasteiger partial charge in [0, 0.05) is 10.9 Å². The molecule has 1 aromatic heterocycles. The van der Waals surface area contributed by atoms with Crippen molar-refractivity contribution in [2.45, 2.75) is 39.3 Å². The number of hydrogen-bond donors (Lipinski definition) is 2. The number of benzene rings is 1. The predicted molar refractivity (Wildman–Crippen MR) is 80.5 cm³/mol. The van der Waals surface area contributed by atoms with E-state index in [1.165, 1.54) is 0 Å². The highest BCUT2D eigenvalue weighted by molar-refractivity contribution is 5.80. The molecule has 1 atom stereocenters. The van der Waals surface area contributed by atoms with E-state index in [0.29, 0.717) is 6.54 Å². The number of para-hydroxylation sites is 1. The van der Waals surface area contributed by atoms with Gasteiger partial charge in [0.15, 0.2) is 0 Å². The summed E-state index contributed by atoms with van der Waals surface area (Å²) in [5, 5.41) is 7.15. The molecule has 2 rings (SSSR count). The third kappa shape index (κ3) is 3.84. The molecular formula is C16H22N2O2. The number of hydrogen-bond acceptors (Lipinski definition) is 3. The second kappa shape index (κ2) is 5.67. The molecule has 1 amide bonds. The van der Waals surface area contributed by atoms with E-state index in [4.69, 9.17) is 4.42 Å². The van der Waals surface area contributed by atoms with E-state index in [0.717, 1.165) is 16.7 Å². The number of nitrogens with one attached hydrogen (secondary N) is 2. The molecule has 1 unspecified atom stereocenters. The smallest absolute Gasteiger partial charge is 0.234 e. The lowest BCUT2D eigenvalue weighted by atomic mass is 10.1. The van der Waals surface area contributed by atoms with E-state index in [9.17, 15) is 4.79 Å². The third-order valence-electron chi connectivity index (χ3n) is 3.03. The molecule has 108 valence electrons. The molecule has 0 aliphatic carbocycles. The summed E-state index contributed by atoms with van der Waals surface area (Å²) in [6.07, 6.45) is 0. The van der Waals surface area contributed by atoms with Crippen molar-refractivity contribution in [1.82, 2.24) is 10.6 Å². The van der Waals surface area contributed by atoms with Crippen molar-refractivity contribution in [2.75, 3.05) is 6.54 Å². The number of rotatable bonds is 4. The summed E-state index contributed by atoms with van der Waals surface area (Å²) in [5.74, 6) is 0.739. The molecule has 0 radical (unpaired) electrons. The molecule has 1 aromatic carbocycles. The molecule has 4 heteroatoms. The lowest BCUT2D eigenvalue weighted by Crippen LogP contribution is -2.43. The van der Waals surface area contributed by atoms with Crippen LogP contribution >= 0.6 is 0 Å². The molecule has 0 aliphatic heterocycles. The first-order valence-corrected chi connectivity index (χ1v) is 6.88. The van der Waals surface area contributed by atoms with Crippen LogP contribution in [0.4, 0.5) is 0 Å². The molecule has 0 fully saturated rings. The van der Waals surface area contributed by atoms with Gasteiger partial charge >= 0.3 is 0 Å². The molecule has 0 spiro atoms. The van der Waals surface area contributed by atoms with Gasteiger partial charge in [-0.3, -0.25) is 4.79 Å². The first-order chi connectivity index (χ1) is 9.35. The van der Waals surface area contributed by atoms with Gasteiger partial charge in [0.2, 0.25) is 5.91 Å². The number of fused-ring (bicyclic) bond motifs is 1. The van der Waals surface area contributed by atoms with E-state index in [2.05, 4.69) is 10.6 Å². The molecule has 0 bridgehead atoms. The summed E-state index contributed by atoms with van der Waals surface area (Å²) in [5.41, 5.74) is 0.774. The minimum Gasteiger partial charge on any atom is -0.459 e. The Kier molecular flexibility index (Phi) is 4.14. The molecule has 2 aromatic rings. The highest BCUT2D eigenvalue weighted by Crippen LogP contribution is 2.23. The van der Waals surface area contributed by atoms with Crippen LogP contribution in [0.25, 0.3) is 11.0 Å². The summed E-state index contributed by atoms with van der Waals surface area (Å²) in [4.78, 5) is 11.9. The quantitative estimate of drug-likeness (QED) is 0.901. The fourth-order valence-electron chi connectivity index (χ4n) is 1.92. The molecule has 0 saturated carbocycles. The van der Waals surface area contributed by atoms with Crippen molar-refractivity contribution in [3.05, 3.63) is 36.1 Å². The monoisotopic (exact) mass is 274 g/mol. The second-order valence-electron chi connectivity index (χ2n) is 6.08. The van der Waals surface area contributed by atoms with Gasteiger partial charge in [0.25, 0.3) is 0 Å². The number of carbonyl (C=O) groups excluding carboxylic acids is 1. The molecule has 4 nitrogen and oxygen atoms in total. The van der Waals surface area contributed by atoms with Crippen molar-refractivity contribution < 1.29 is 9.21 Å². The third-order valence-corrected chi connectivity index (χ3v) is 3.03. The van der Waals surface area contributed by atoms with Gasteiger partial charge in [-0.2, -0.15) is 0 Å². The van der Waals surface area contributed by atoms with Crippen molar-refractivity contribution in [2.24, 2.45) is 0 Å².